The molecule has 0 atom stereocenters. The summed E-state index contributed by atoms with van der Waals surface area (Å²) in [5.74, 6) is 2.94. The molecule has 4 nitrogen and oxygen atoms in total. The monoisotopic (exact) mass is 326 g/mol. The lowest BCUT2D eigenvalue weighted by Crippen LogP contribution is -2.33. The van der Waals surface area contributed by atoms with Crippen molar-refractivity contribution in [2.45, 2.75) is 44.2 Å². The Morgan fingerprint density at radius 3 is 2.81 bits per heavy atom. The molecule has 1 N–H and O–H groups in total. The molecule has 1 aliphatic carbocycles. The minimum absolute atomic E-state index is 0.147. The molecule has 21 heavy (non-hydrogen) atoms. The summed E-state index contributed by atoms with van der Waals surface area (Å²) in [6, 6.07) is 2.13. The molecule has 1 aromatic heterocycles. The van der Waals surface area contributed by atoms with Crippen LogP contribution in [0.5, 0.6) is 0 Å². The topological polar surface area (TPSA) is 49.4 Å². The van der Waals surface area contributed by atoms with E-state index in [1.807, 2.05) is 0 Å². The minimum atomic E-state index is -3.46. The lowest BCUT2D eigenvalue weighted by molar-refractivity contribution is 0.430. The van der Waals surface area contributed by atoms with E-state index in [0.29, 0.717) is 29.9 Å². The Labute approximate surface area is 131 Å². The molecule has 1 heterocycles. The molecule has 1 fully saturated rings. The van der Waals surface area contributed by atoms with E-state index in [0.717, 1.165) is 17.7 Å². The number of nitrogens with one attached hydrogen (secondary N) is 1. The van der Waals surface area contributed by atoms with Gasteiger partial charge in [0.15, 0.2) is 0 Å². The molecule has 0 unspecified atom stereocenters. The van der Waals surface area contributed by atoms with Crippen LogP contribution in [0.2, 0.25) is 0 Å². The molecule has 0 bridgehead atoms. The maximum atomic E-state index is 12.7. The molecular weight excluding hydrogens is 304 g/mol. The summed E-state index contributed by atoms with van der Waals surface area (Å²) >= 11 is 1.47. The second kappa shape index (κ2) is 6.93. The van der Waals surface area contributed by atoms with Gasteiger partial charge in [0, 0.05) is 29.4 Å². The van der Waals surface area contributed by atoms with Gasteiger partial charge in [0.2, 0.25) is 10.0 Å². The van der Waals surface area contributed by atoms with Crippen molar-refractivity contribution in [3.8, 4) is 12.3 Å². The predicted molar refractivity (Wildman–Crippen MR) is 86.6 cm³/mol. The van der Waals surface area contributed by atoms with Crippen molar-refractivity contribution >= 4 is 21.4 Å². The quantitative estimate of drug-likeness (QED) is 0.746. The largest absolute Gasteiger partial charge is 0.310 e. The summed E-state index contributed by atoms with van der Waals surface area (Å²) in [6.07, 6.45) is 7.52. The SMILES string of the molecule is C#CCN(CC1CC1)S(=O)(=O)c1csc(CNC(C)C)c1. The van der Waals surface area contributed by atoms with Gasteiger partial charge in [0.25, 0.3) is 0 Å². The summed E-state index contributed by atoms with van der Waals surface area (Å²) in [4.78, 5) is 1.39. The Kier molecular flexibility index (Phi) is 5.44. The molecule has 0 amide bonds. The summed E-state index contributed by atoms with van der Waals surface area (Å²) in [7, 11) is -3.46. The molecule has 0 saturated heterocycles. The van der Waals surface area contributed by atoms with Gasteiger partial charge in [-0.25, -0.2) is 8.42 Å². The second-order valence-electron chi connectivity index (χ2n) is 5.73. The highest BCUT2D eigenvalue weighted by Gasteiger charge is 2.31. The smallest absolute Gasteiger partial charge is 0.244 e. The summed E-state index contributed by atoms with van der Waals surface area (Å²) in [5, 5.41) is 5.00. The molecule has 0 aliphatic heterocycles. The van der Waals surface area contributed by atoms with Crippen LogP contribution in [0.1, 0.15) is 31.6 Å². The first-order valence-corrected chi connectivity index (χ1v) is 9.50. The molecule has 0 spiro atoms. The zero-order valence-corrected chi connectivity index (χ0v) is 14.1. The van der Waals surface area contributed by atoms with Gasteiger partial charge in [-0.1, -0.05) is 19.8 Å². The number of nitrogens with zero attached hydrogens (tertiary/aromatic N) is 1. The summed E-state index contributed by atoms with van der Waals surface area (Å²) in [6.45, 7) is 5.51. The Morgan fingerprint density at radius 1 is 1.52 bits per heavy atom. The zero-order valence-electron chi connectivity index (χ0n) is 12.5. The standard InChI is InChI=1S/C15H22N2O2S2/c1-4-7-17(10-13-5-6-13)21(18,19)15-8-14(20-11-15)9-16-12(2)3/h1,8,11-13,16H,5-7,9-10H2,2-3H3. The van der Waals surface area contributed by atoms with Gasteiger partial charge in [-0.15, -0.1) is 17.8 Å². The average molecular weight is 326 g/mol. The Balaban J connectivity index is 2.11. The summed E-state index contributed by atoms with van der Waals surface area (Å²) in [5.41, 5.74) is 0. The third-order valence-electron chi connectivity index (χ3n) is 3.38. The number of terminal acetylenes is 1. The molecule has 1 aromatic rings. The van der Waals surface area contributed by atoms with E-state index in [4.69, 9.17) is 6.42 Å². The van der Waals surface area contributed by atoms with Crippen LogP contribution in [0.15, 0.2) is 16.3 Å². The van der Waals surface area contributed by atoms with Crippen LogP contribution in [0.25, 0.3) is 0 Å². The zero-order chi connectivity index (χ0) is 15.5. The van der Waals surface area contributed by atoms with E-state index < -0.39 is 10.0 Å². The highest BCUT2D eigenvalue weighted by molar-refractivity contribution is 7.89. The van der Waals surface area contributed by atoms with Crippen LogP contribution in [-0.4, -0.2) is 31.9 Å². The maximum Gasteiger partial charge on any atom is 0.244 e. The number of hydrogen-bond donors (Lipinski definition) is 1. The molecule has 0 radical (unpaired) electrons. The number of sulfonamides is 1. The fourth-order valence-corrected chi connectivity index (χ4v) is 4.62. The van der Waals surface area contributed by atoms with Gasteiger partial charge in [0.1, 0.15) is 0 Å². The Bertz CT molecular complexity index is 610. The van der Waals surface area contributed by atoms with Crippen LogP contribution in [0, 0.1) is 18.3 Å². The van der Waals surface area contributed by atoms with Crippen LogP contribution in [0.4, 0.5) is 0 Å². The molecule has 0 aromatic carbocycles. The van der Waals surface area contributed by atoms with Gasteiger partial charge in [0.05, 0.1) is 11.4 Å². The van der Waals surface area contributed by atoms with Gasteiger partial charge in [-0.2, -0.15) is 4.31 Å². The van der Waals surface area contributed by atoms with E-state index in [2.05, 4.69) is 25.1 Å². The Hall–Kier alpha value is -0.870. The van der Waals surface area contributed by atoms with Crippen LogP contribution >= 0.6 is 11.3 Å². The first-order valence-electron chi connectivity index (χ1n) is 7.18. The van der Waals surface area contributed by atoms with Gasteiger partial charge >= 0.3 is 0 Å². The minimum Gasteiger partial charge on any atom is -0.310 e. The third kappa shape index (κ3) is 4.55. The first-order chi connectivity index (χ1) is 9.93. The highest BCUT2D eigenvalue weighted by Crippen LogP contribution is 2.32. The first kappa shape index (κ1) is 16.5. The highest BCUT2D eigenvalue weighted by atomic mass is 32.2. The fraction of sp³-hybridized carbons (Fsp3) is 0.600. The fourth-order valence-electron chi connectivity index (χ4n) is 1.98. The van der Waals surface area contributed by atoms with Crippen molar-refractivity contribution in [2.75, 3.05) is 13.1 Å². The maximum absolute atomic E-state index is 12.7. The van der Waals surface area contributed by atoms with Gasteiger partial charge < -0.3 is 5.32 Å². The third-order valence-corrected chi connectivity index (χ3v) is 6.25. The van der Waals surface area contributed by atoms with E-state index in [-0.39, 0.29) is 6.54 Å². The van der Waals surface area contributed by atoms with E-state index in [1.165, 1.54) is 15.6 Å². The molecule has 2 rings (SSSR count). The molecule has 6 heteroatoms. The Morgan fingerprint density at radius 2 is 2.24 bits per heavy atom. The molecule has 1 aliphatic rings. The van der Waals surface area contributed by atoms with Crippen molar-refractivity contribution in [3.05, 3.63) is 16.3 Å². The van der Waals surface area contributed by atoms with Gasteiger partial charge in [-0.05, 0) is 24.8 Å². The van der Waals surface area contributed by atoms with Crippen LogP contribution in [-0.2, 0) is 16.6 Å². The van der Waals surface area contributed by atoms with Crippen molar-refractivity contribution in [1.82, 2.24) is 9.62 Å². The van der Waals surface area contributed by atoms with Crippen LogP contribution in [0.3, 0.4) is 0 Å². The lowest BCUT2D eigenvalue weighted by atomic mass is 10.4. The average Bonchev–Trinajstić information content (AvgIpc) is 3.10. The van der Waals surface area contributed by atoms with Crippen LogP contribution < -0.4 is 5.32 Å². The van der Waals surface area contributed by atoms with E-state index >= 15 is 0 Å². The summed E-state index contributed by atoms with van der Waals surface area (Å²) < 4.78 is 26.7. The lowest BCUT2D eigenvalue weighted by Gasteiger charge is -2.18. The van der Waals surface area contributed by atoms with Crippen molar-refractivity contribution in [1.29, 1.82) is 0 Å². The van der Waals surface area contributed by atoms with Crippen molar-refractivity contribution in [2.24, 2.45) is 5.92 Å². The van der Waals surface area contributed by atoms with E-state index in [1.54, 1.807) is 11.4 Å². The van der Waals surface area contributed by atoms with Crippen molar-refractivity contribution in [3.63, 3.8) is 0 Å². The molecule has 1 saturated carbocycles. The van der Waals surface area contributed by atoms with Gasteiger partial charge in [-0.3, -0.25) is 0 Å². The molecular formula is C15H22N2O2S2. The van der Waals surface area contributed by atoms with E-state index in [9.17, 15) is 8.42 Å². The number of thiophene rings is 1. The van der Waals surface area contributed by atoms with Crippen molar-refractivity contribution < 1.29 is 8.42 Å². The molecule has 116 valence electrons. The predicted octanol–water partition coefficient (Wildman–Crippen LogP) is 2.28. The normalized spacial score (nSPS) is 15.6. The number of rotatable bonds is 8. The number of hydrogen-bond acceptors (Lipinski definition) is 4. The second-order valence-corrected chi connectivity index (χ2v) is 8.66.